The lowest BCUT2D eigenvalue weighted by Crippen LogP contribution is -2.33. The summed E-state index contributed by atoms with van der Waals surface area (Å²) in [5.74, 6) is 0. The van der Waals surface area contributed by atoms with Gasteiger partial charge >= 0.3 is 0 Å². The number of hydrogen-bond donors (Lipinski definition) is 0. The highest BCUT2D eigenvalue weighted by Gasteiger charge is 2.08. The maximum absolute atomic E-state index is 2.32. The lowest BCUT2D eigenvalue weighted by molar-refractivity contribution is 1.92. The third kappa shape index (κ3) is 3.51. The second-order valence-corrected chi connectivity index (χ2v) is 14.7. The molecule has 6 radical (unpaired) electrons. The summed E-state index contributed by atoms with van der Waals surface area (Å²) in [6.45, 7) is 0. The predicted octanol–water partition coefficient (Wildman–Crippen LogP) is 0.705. The van der Waals surface area contributed by atoms with Crippen molar-refractivity contribution in [2.24, 2.45) is 0 Å². The van der Waals surface area contributed by atoms with Gasteiger partial charge in [-0.05, 0) is 29.5 Å². The average molecular weight is 366 g/mol. The number of fused-ring (bicyclic) bond motifs is 6. The summed E-state index contributed by atoms with van der Waals surface area (Å²) in [7, 11) is 6.89. The largest absolute Gasteiger partial charge is 0.134 e. The van der Waals surface area contributed by atoms with Crippen LogP contribution >= 0.6 is 24.6 Å². The maximum Gasteiger partial charge on any atom is 0.134 e. The van der Waals surface area contributed by atoms with Crippen LogP contribution in [-0.4, -0.2) is 28.6 Å². The fourth-order valence-electron chi connectivity index (χ4n) is 2.12. The van der Waals surface area contributed by atoms with E-state index in [1.807, 2.05) is 0 Å². The highest BCUT2D eigenvalue weighted by atomic mass is 31.0. The van der Waals surface area contributed by atoms with E-state index in [9.17, 15) is 0 Å². The second-order valence-electron chi connectivity index (χ2n) is 4.60. The molecule has 96 valence electrons. The summed E-state index contributed by atoms with van der Waals surface area (Å²) in [5, 5.41) is 0. The predicted molar refractivity (Wildman–Crippen MR) is 102 cm³/mol. The summed E-state index contributed by atoms with van der Waals surface area (Å²) < 4.78 is 0. The van der Waals surface area contributed by atoms with Crippen LogP contribution in [0.3, 0.4) is 0 Å². The first-order valence-corrected chi connectivity index (χ1v) is 12.3. The van der Waals surface area contributed by atoms with Gasteiger partial charge in [0.2, 0.25) is 0 Å². The smallest absolute Gasteiger partial charge is 0.0787 e. The molecule has 21 heavy (non-hydrogen) atoms. The van der Waals surface area contributed by atoms with Gasteiger partial charge in [-0.3, -0.25) is 0 Å². The molecule has 1 aliphatic rings. The summed E-state index contributed by atoms with van der Waals surface area (Å²) in [6.07, 6.45) is 0. The van der Waals surface area contributed by atoms with Gasteiger partial charge in [0.05, 0.1) is 0 Å². The van der Waals surface area contributed by atoms with E-state index in [2.05, 4.69) is 54.6 Å². The van der Waals surface area contributed by atoms with Gasteiger partial charge in [-0.2, -0.15) is 0 Å². The van der Waals surface area contributed by atoms with E-state index in [4.69, 9.17) is 0 Å². The Hall–Kier alpha value is -0.399. The van der Waals surface area contributed by atoms with Crippen molar-refractivity contribution in [3.63, 3.8) is 0 Å². The minimum atomic E-state index is 0.850. The molecule has 4 rings (SSSR count). The molecule has 0 fully saturated rings. The molecule has 6 heteroatoms. The second kappa shape index (κ2) is 6.38. The van der Waals surface area contributed by atoms with E-state index < -0.39 is 0 Å². The van der Waals surface area contributed by atoms with Gasteiger partial charge in [0.25, 0.3) is 0 Å². The van der Waals surface area contributed by atoms with E-state index in [1.165, 1.54) is 24.6 Å². The fourth-order valence-corrected chi connectivity index (χ4v) is 13.2. The minimum Gasteiger partial charge on any atom is -0.0787 e. The van der Waals surface area contributed by atoms with E-state index in [-0.39, 0.29) is 0 Å². The van der Waals surface area contributed by atoms with E-state index in [1.54, 1.807) is 29.5 Å². The van der Waals surface area contributed by atoms with Crippen molar-refractivity contribution in [1.82, 2.24) is 0 Å². The Labute approximate surface area is 137 Å². The Morgan fingerprint density at radius 2 is 0.667 bits per heavy atom. The van der Waals surface area contributed by atoms with Crippen LogP contribution in [0.15, 0.2) is 54.6 Å². The molecular weight excluding hydrogens is 357 g/mol. The molecule has 0 atom stereocenters. The van der Waals surface area contributed by atoms with Crippen LogP contribution in [0.2, 0.25) is 0 Å². The highest BCUT2D eigenvalue weighted by Crippen LogP contribution is 2.04. The molecule has 1 aliphatic heterocycles. The molecule has 0 unspecified atom stereocenters. The third-order valence-corrected chi connectivity index (χ3v) is 11.9. The summed E-state index contributed by atoms with van der Waals surface area (Å²) in [4.78, 5) is 9.45. The van der Waals surface area contributed by atoms with Gasteiger partial charge in [-0.15, -0.1) is 0 Å². The van der Waals surface area contributed by atoms with E-state index >= 15 is 0 Å². The molecule has 0 saturated heterocycles. The van der Waals surface area contributed by atoms with E-state index in [0.717, 1.165) is 28.6 Å². The Kier molecular flexibility index (Phi) is 4.32. The van der Waals surface area contributed by atoms with Crippen LogP contribution in [0.1, 0.15) is 0 Å². The van der Waals surface area contributed by atoms with Gasteiger partial charge in [-0.1, -0.05) is 79.2 Å². The molecule has 0 nitrogen and oxygen atoms in total. The molecule has 0 aliphatic carbocycles. The first kappa shape index (κ1) is 14.2. The van der Waals surface area contributed by atoms with Crippen LogP contribution in [0, 0.1) is 0 Å². The monoisotopic (exact) mass is 366 g/mol. The zero-order chi connectivity index (χ0) is 14.1. The molecule has 6 bridgehead atoms. The van der Waals surface area contributed by atoms with Crippen molar-refractivity contribution in [3.8, 4) is 0 Å². The molecule has 3 aromatic heterocycles. The molecule has 0 amide bonds. The van der Waals surface area contributed by atoms with Gasteiger partial charge in [-0.25, -0.2) is 0 Å². The van der Waals surface area contributed by atoms with Crippen molar-refractivity contribution in [3.05, 3.63) is 54.6 Å². The molecule has 0 spiro atoms. The van der Waals surface area contributed by atoms with Gasteiger partial charge in [0.1, 0.15) is 28.6 Å². The Morgan fingerprint density at radius 3 is 0.905 bits per heavy atom. The standard InChI is InChI=1S/C15H9P3Si3/c1-4-10-16-11(5-1)20-13-7-3-9-15(18-13)21-14-8-2-6-12(17-14)19-10/h1-9H. The number of hydrogen-bond acceptors (Lipinski definition) is 0. The van der Waals surface area contributed by atoms with Crippen molar-refractivity contribution in [2.45, 2.75) is 0 Å². The van der Waals surface area contributed by atoms with Gasteiger partial charge in [0, 0.05) is 0 Å². The van der Waals surface area contributed by atoms with Gasteiger partial charge < -0.3 is 0 Å². The summed E-state index contributed by atoms with van der Waals surface area (Å²) >= 11 is 0. The zero-order valence-electron chi connectivity index (χ0n) is 11.0. The minimum absolute atomic E-state index is 0.850. The molecule has 3 aromatic rings. The lowest BCUT2D eigenvalue weighted by atomic mass is 10.6. The molecule has 0 N–H and O–H groups in total. The first-order chi connectivity index (χ1) is 10.3. The quantitative estimate of drug-likeness (QED) is 0.402. The molecule has 0 aromatic carbocycles. The average Bonchev–Trinajstić information content (AvgIpc) is 2.47. The molecule has 4 heterocycles. The molecule has 0 saturated carbocycles. The summed E-state index contributed by atoms with van der Waals surface area (Å²) in [5.41, 5.74) is 0. The Balaban J connectivity index is 1.87. The lowest BCUT2D eigenvalue weighted by Gasteiger charge is -2.08. The Bertz CT molecular complexity index is 648. The van der Waals surface area contributed by atoms with Crippen molar-refractivity contribution < 1.29 is 0 Å². The van der Waals surface area contributed by atoms with Gasteiger partial charge in [0.15, 0.2) is 0 Å². The normalized spacial score (nSPS) is 14.3. The third-order valence-electron chi connectivity index (χ3n) is 3.02. The highest BCUT2D eigenvalue weighted by molar-refractivity contribution is 7.54. The molecular formula is C15H9P3Si3. The topological polar surface area (TPSA) is 0 Å². The van der Waals surface area contributed by atoms with Crippen LogP contribution < -0.4 is 29.5 Å². The number of rotatable bonds is 0. The van der Waals surface area contributed by atoms with Crippen molar-refractivity contribution >= 4 is 82.6 Å². The Morgan fingerprint density at radius 1 is 0.429 bits per heavy atom. The van der Waals surface area contributed by atoms with Crippen LogP contribution in [0.5, 0.6) is 0 Å². The zero-order valence-corrected chi connectivity index (χ0v) is 16.7. The SMILES string of the molecule is c1cc2pc(c1)[Si]c1cccc(p1)[Si]c1cccc(p1)[Si]2. The van der Waals surface area contributed by atoms with E-state index in [0.29, 0.717) is 0 Å². The van der Waals surface area contributed by atoms with Crippen LogP contribution in [0.4, 0.5) is 0 Å². The first-order valence-electron chi connectivity index (χ1n) is 6.57. The maximum atomic E-state index is 2.32. The van der Waals surface area contributed by atoms with Crippen LogP contribution in [-0.2, 0) is 0 Å². The van der Waals surface area contributed by atoms with Crippen LogP contribution in [0.25, 0.3) is 0 Å². The fraction of sp³-hybridized carbons (Fsp3) is 0. The summed E-state index contributed by atoms with van der Waals surface area (Å²) in [6, 6.07) is 20.7. The van der Waals surface area contributed by atoms with Crippen molar-refractivity contribution in [2.75, 3.05) is 0 Å². The van der Waals surface area contributed by atoms with Crippen molar-refractivity contribution in [1.29, 1.82) is 0 Å².